The van der Waals surface area contributed by atoms with Crippen LogP contribution in [0.5, 0.6) is 0 Å². The molecule has 0 saturated carbocycles. The van der Waals surface area contributed by atoms with E-state index in [1.54, 1.807) is 0 Å². The number of aliphatic hydroxyl groups is 1. The quantitative estimate of drug-likeness (QED) is 0.339. The lowest BCUT2D eigenvalue weighted by Gasteiger charge is -2.20. The minimum absolute atomic E-state index is 0.105. The highest BCUT2D eigenvalue weighted by atomic mass is 16.3. The monoisotopic (exact) mass is 451 g/mol. The number of aromatic nitrogens is 4. The van der Waals surface area contributed by atoms with Crippen LogP contribution in [0, 0.1) is 0 Å². The van der Waals surface area contributed by atoms with Crippen LogP contribution in [0.4, 0.5) is 0 Å². The molecule has 6 nitrogen and oxygen atoms in total. The summed E-state index contributed by atoms with van der Waals surface area (Å²) in [5.41, 5.74) is 5.50. The molecular weight excluding hydrogens is 422 g/mol. The predicted molar refractivity (Wildman–Crippen MR) is 135 cm³/mol. The van der Waals surface area contributed by atoms with E-state index in [9.17, 15) is 5.11 Å². The maximum atomic E-state index is 10.7. The van der Waals surface area contributed by atoms with E-state index in [0.29, 0.717) is 6.04 Å². The normalized spacial score (nSPS) is 19.2. The van der Waals surface area contributed by atoms with E-state index < -0.39 is 6.10 Å². The summed E-state index contributed by atoms with van der Waals surface area (Å²) in [6.07, 6.45) is 5.26. The zero-order valence-electron chi connectivity index (χ0n) is 19.1. The number of benzene rings is 3. The van der Waals surface area contributed by atoms with Crippen LogP contribution in [0.2, 0.25) is 0 Å². The van der Waals surface area contributed by atoms with E-state index in [1.807, 2.05) is 53.3 Å². The van der Waals surface area contributed by atoms with E-state index in [4.69, 9.17) is 4.98 Å². The number of rotatable bonds is 7. The number of para-hydroxylation sites is 1. The van der Waals surface area contributed by atoms with Crippen LogP contribution in [0.25, 0.3) is 21.9 Å². The number of hydrogen-bond donors (Lipinski definition) is 3. The number of imidazole rings is 1. The molecule has 34 heavy (non-hydrogen) atoms. The number of nitrogens with one attached hydrogen (secondary N) is 2. The third-order valence-corrected chi connectivity index (χ3v) is 6.99. The molecule has 0 amide bonds. The van der Waals surface area contributed by atoms with Crippen molar-refractivity contribution in [2.75, 3.05) is 0 Å². The molecule has 5 aromatic rings. The number of aliphatic hydroxyl groups excluding tert-OH is 1. The van der Waals surface area contributed by atoms with Crippen molar-refractivity contribution in [2.24, 2.45) is 0 Å². The molecule has 3 heterocycles. The Labute approximate surface area is 198 Å². The number of hydrogen-bond acceptors (Lipinski definition) is 4. The number of fused-ring (bicyclic) bond motifs is 2. The van der Waals surface area contributed by atoms with Gasteiger partial charge in [0.15, 0.2) is 0 Å². The van der Waals surface area contributed by atoms with Gasteiger partial charge in [0.25, 0.3) is 0 Å². The molecule has 0 radical (unpaired) electrons. The molecule has 172 valence electrons. The molecule has 1 aliphatic rings. The van der Waals surface area contributed by atoms with Gasteiger partial charge in [-0.3, -0.25) is 4.68 Å². The average Bonchev–Trinajstić information content (AvgIpc) is 3.61. The van der Waals surface area contributed by atoms with Crippen molar-refractivity contribution in [1.29, 1.82) is 0 Å². The van der Waals surface area contributed by atoms with Gasteiger partial charge in [-0.1, -0.05) is 54.6 Å². The van der Waals surface area contributed by atoms with Crippen molar-refractivity contribution >= 4 is 21.9 Å². The molecule has 3 atom stereocenters. The highest BCUT2D eigenvalue weighted by Gasteiger charge is 2.29. The van der Waals surface area contributed by atoms with Crippen LogP contribution in [-0.4, -0.2) is 36.9 Å². The van der Waals surface area contributed by atoms with Gasteiger partial charge in [-0.2, -0.15) is 5.10 Å². The second-order valence-electron chi connectivity index (χ2n) is 9.32. The summed E-state index contributed by atoms with van der Waals surface area (Å²) in [5, 5.41) is 20.1. The minimum atomic E-state index is -0.462. The van der Waals surface area contributed by atoms with Gasteiger partial charge in [-0.15, -0.1) is 0 Å². The van der Waals surface area contributed by atoms with Crippen LogP contribution >= 0.6 is 0 Å². The third-order valence-electron chi connectivity index (χ3n) is 6.99. The molecule has 2 aromatic heterocycles. The number of nitrogens with zero attached hydrogens (tertiary/aromatic N) is 3. The maximum absolute atomic E-state index is 10.7. The fraction of sp³-hybridized carbons (Fsp3) is 0.286. The molecule has 1 fully saturated rings. The zero-order chi connectivity index (χ0) is 22.9. The fourth-order valence-corrected chi connectivity index (χ4v) is 5.20. The number of aryl methyl sites for hydroxylation is 2. The van der Waals surface area contributed by atoms with Crippen LogP contribution in [0.15, 0.2) is 79.0 Å². The van der Waals surface area contributed by atoms with Crippen molar-refractivity contribution in [3.63, 3.8) is 0 Å². The van der Waals surface area contributed by atoms with Gasteiger partial charge < -0.3 is 15.4 Å². The highest BCUT2D eigenvalue weighted by molar-refractivity contribution is 5.78. The van der Waals surface area contributed by atoms with Crippen LogP contribution in [0.1, 0.15) is 35.9 Å². The molecule has 0 bridgehead atoms. The van der Waals surface area contributed by atoms with E-state index >= 15 is 0 Å². The summed E-state index contributed by atoms with van der Waals surface area (Å²) in [7, 11) is 0. The Morgan fingerprint density at radius 2 is 1.85 bits per heavy atom. The first-order valence-electron chi connectivity index (χ1n) is 12.1. The Balaban J connectivity index is 1.10. The molecular formula is C28H29N5O. The van der Waals surface area contributed by atoms with Gasteiger partial charge in [-0.05, 0) is 48.6 Å². The van der Waals surface area contributed by atoms with Gasteiger partial charge in [0.1, 0.15) is 5.82 Å². The topological polar surface area (TPSA) is 78.8 Å². The van der Waals surface area contributed by atoms with Crippen LogP contribution < -0.4 is 5.32 Å². The summed E-state index contributed by atoms with van der Waals surface area (Å²) in [5.74, 6) is 0.983. The lowest BCUT2D eigenvalue weighted by atomic mass is 10.0. The molecule has 0 spiro atoms. The summed E-state index contributed by atoms with van der Waals surface area (Å²) in [6.45, 7) is 0.789. The molecule has 6 rings (SSSR count). The lowest BCUT2D eigenvalue weighted by molar-refractivity contribution is 0.135. The molecule has 6 heteroatoms. The van der Waals surface area contributed by atoms with Gasteiger partial charge in [0.05, 0.1) is 28.9 Å². The Morgan fingerprint density at radius 3 is 2.76 bits per heavy atom. The SMILES string of the molecule is O[C@H](c1ccccc1)[C@H]1CC[C@@H](Cc2ccc3nc(CCn4ncc5ccccc54)[nH]c3c2)N1. The van der Waals surface area contributed by atoms with Crippen LogP contribution in [0.3, 0.4) is 0 Å². The Morgan fingerprint density at radius 1 is 1.00 bits per heavy atom. The molecule has 0 aliphatic carbocycles. The van der Waals surface area contributed by atoms with E-state index in [1.165, 1.54) is 5.56 Å². The van der Waals surface area contributed by atoms with Gasteiger partial charge in [0, 0.05) is 30.4 Å². The second-order valence-corrected chi connectivity index (χ2v) is 9.32. The Bertz CT molecular complexity index is 1410. The highest BCUT2D eigenvalue weighted by Crippen LogP contribution is 2.27. The molecule has 3 aromatic carbocycles. The molecule has 1 saturated heterocycles. The van der Waals surface area contributed by atoms with E-state index in [0.717, 1.165) is 65.6 Å². The van der Waals surface area contributed by atoms with Gasteiger partial charge in [0.2, 0.25) is 0 Å². The van der Waals surface area contributed by atoms with Crippen molar-refractivity contribution < 1.29 is 5.11 Å². The van der Waals surface area contributed by atoms with Gasteiger partial charge >= 0.3 is 0 Å². The Kier molecular flexibility index (Phi) is 5.61. The average molecular weight is 452 g/mol. The number of H-pyrrole nitrogens is 1. The standard InChI is InChI=1S/C28H29N5O/c34-28(20-6-2-1-3-7-20)24-13-11-22(30-24)16-19-10-12-23-25(17-19)32-27(31-23)14-15-33-26-9-5-4-8-21(26)18-29-33/h1-10,12,17-18,22,24,28,30,34H,11,13-16H2,(H,31,32)/t22-,24+,28+/m0/s1. The predicted octanol–water partition coefficient (Wildman–Crippen LogP) is 4.55. The third kappa shape index (κ3) is 4.22. The summed E-state index contributed by atoms with van der Waals surface area (Å²) < 4.78 is 2.04. The zero-order valence-corrected chi connectivity index (χ0v) is 19.1. The van der Waals surface area contributed by atoms with Crippen molar-refractivity contribution in [3.05, 3.63) is 95.9 Å². The smallest absolute Gasteiger partial charge is 0.109 e. The first kappa shape index (κ1) is 21.1. The lowest BCUT2D eigenvalue weighted by Crippen LogP contribution is -2.35. The number of aromatic amines is 1. The minimum Gasteiger partial charge on any atom is -0.387 e. The molecule has 1 aliphatic heterocycles. The van der Waals surface area contributed by atoms with E-state index in [-0.39, 0.29) is 6.04 Å². The van der Waals surface area contributed by atoms with Crippen molar-refractivity contribution in [1.82, 2.24) is 25.1 Å². The maximum Gasteiger partial charge on any atom is 0.109 e. The fourth-order valence-electron chi connectivity index (χ4n) is 5.20. The summed E-state index contributed by atoms with van der Waals surface area (Å²) in [6, 6.07) is 25.2. The van der Waals surface area contributed by atoms with Crippen molar-refractivity contribution in [3.8, 4) is 0 Å². The summed E-state index contributed by atoms with van der Waals surface area (Å²) in [4.78, 5) is 8.30. The van der Waals surface area contributed by atoms with Crippen LogP contribution in [-0.2, 0) is 19.4 Å². The second kappa shape index (κ2) is 9.05. The van der Waals surface area contributed by atoms with Crippen molar-refractivity contribution in [2.45, 2.75) is 50.4 Å². The summed E-state index contributed by atoms with van der Waals surface area (Å²) >= 11 is 0. The first-order chi connectivity index (χ1) is 16.7. The van der Waals surface area contributed by atoms with E-state index in [2.05, 4.69) is 45.7 Å². The van der Waals surface area contributed by atoms with Gasteiger partial charge in [-0.25, -0.2) is 4.98 Å². The first-order valence-corrected chi connectivity index (χ1v) is 12.1. The molecule has 3 N–H and O–H groups in total. The Hall–Kier alpha value is -3.48. The molecule has 0 unspecified atom stereocenters. The largest absolute Gasteiger partial charge is 0.387 e.